The van der Waals surface area contributed by atoms with Gasteiger partial charge >= 0.3 is 10.1 Å². The Bertz CT molecular complexity index is 986. The third-order valence-corrected chi connectivity index (χ3v) is 4.69. The minimum absolute atomic E-state index is 0.114. The molecule has 0 spiro atoms. The quantitative estimate of drug-likeness (QED) is 0.704. The van der Waals surface area contributed by atoms with E-state index in [-0.39, 0.29) is 10.6 Å². The summed E-state index contributed by atoms with van der Waals surface area (Å²) in [6, 6.07) is 15.0. The molecule has 7 heteroatoms. The van der Waals surface area contributed by atoms with E-state index in [1.165, 1.54) is 18.5 Å². The van der Waals surface area contributed by atoms with Gasteiger partial charge in [0.25, 0.3) is 0 Å². The van der Waals surface area contributed by atoms with Gasteiger partial charge in [-0.15, -0.1) is 0 Å². The Morgan fingerprint density at radius 1 is 0.960 bits per heavy atom. The van der Waals surface area contributed by atoms with Crippen LogP contribution in [-0.4, -0.2) is 18.4 Å². The minimum Gasteiger partial charge on any atom is -0.379 e. The molecule has 2 aromatic carbocycles. The molecule has 0 saturated heterocycles. The topological polar surface area (TPSA) is 81.2 Å². The maximum atomic E-state index is 12.4. The Hall–Kier alpha value is -2.93. The molecule has 0 saturated carbocycles. The highest BCUT2D eigenvalue weighted by Gasteiger charge is 2.16. The van der Waals surface area contributed by atoms with Crippen molar-refractivity contribution in [2.45, 2.75) is 18.7 Å². The van der Waals surface area contributed by atoms with E-state index in [9.17, 15) is 8.42 Å². The number of aromatic nitrogens is 2. The molecule has 0 atom stereocenters. The molecule has 0 aliphatic heterocycles. The summed E-state index contributed by atoms with van der Waals surface area (Å²) in [5.41, 5.74) is 2.46. The summed E-state index contributed by atoms with van der Waals surface area (Å²) < 4.78 is 30.0. The smallest absolute Gasteiger partial charge is 0.339 e. The summed E-state index contributed by atoms with van der Waals surface area (Å²) in [4.78, 5) is 8.26. The van der Waals surface area contributed by atoms with Gasteiger partial charge in [0.2, 0.25) is 0 Å². The number of nitrogens with one attached hydrogen (secondary N) is 1. The van der Waals surface area contributed by atoms with E-state index >= 15 is 0 Å². The summed E-state index contributed by atoms with van der Waals surface area (Å²) in [7, 11) is -3.88. The van der Waals surface area contributed by atoms with Gasteiger partial charge in [0.05, 0.1) is 0 Å². The lowest BCUT2D eigenvalue weighted by atomic mass is 10.2. The van der Waals surface area contributed by atoms with Gasteiger partial charge in [-0.1, -0.05) is 23.8 Å². The minimum atomic E-state index is -3.88. The maximum Gasteiger partial charge on any atom is 0.339 e. The molecule has 3 aromatic rings. The van der Waals surface area contributed by atoms with Crippen molar-refractivity contribution in [2.75, 3.05) is 5.32 Å². The van der Waals surface area contributed by atoms with Crippen molar-refractivity contribution in [3.63, 3.8) is 0 Å². The fraction of sp³-hybridized carbons (Fsp3) is 0.111. The van der Waals surface area contributed by atoms with Crippen LogP contribution in [0.3, 0.4) is 0 Å². The first-order chi connectivity index (χ1) is 11.9. The van der Waals surface area contributed by atoms with E-state index in [1.54, 1.807) is 42.5 Å². The van der Waals surface area contributed by atoms with E-state index < -0.39 is 10.1 Å². The maximum absolute atomic E-state index is 12.4. The number of hydrogen-bond acceptors (Lipinski definition) is 6. The van der Waals surface area contributed by atoms with Gasteiger partial charge in [-0.25, -0.2) is 9.97 Å². The molecular formula is C18H17N3O3S. The first kappa shape index (κ1) is 16.9. The second kappa shape index (κ2) is 6.90. The third-order valence-electron chi connectivity index (χ3n) is 3.43. The Labute approximate surface area is 146 Å². The second-order valence-electron chi connectivity index (χ2n) is 5.55. The van der Waals surface area contributed by atoms with Crippen molar-refractivity contribution in [2.24, 2.45) is 0 Å². The van der Waals surface area contributed by atoms with E-state index in [0.717, 1.165) is 11.3 Å². The average molecular weight is 355 g/mol. The summed E-state index contributed by atoms with van der Waals surface area (Å²) in [6.07, 6.45) is 1.46. The van der Waals surface area contributed by atoms with Crippen LogP contribution in [0.5, 0.6) is 5.75 Å². The molecule has 6 nitrogen and oxygen atoms in total. The first-order valence-electron chi connectivity index (χ1n) is 7.59. The average Bonchev–Trinajstić information content (AvgIpc) is 2.55. The molecule has 0 amide bonds. The molecule has 0 radical (unpaired) electrons. The molecule has 0 unspecified atom stereocenters. The lowest BCUT2D eigenvalue weighted by Gasteiger charge is -2.10. The van der Waals surface area contributed by atoms with Crippen molar-refractivity contribution >= 4 is 21.6 Å². The van der Waals surface area contributed by atoms with Crippen LogP contribution in [0.2, 0.25) is 0 Å². The Balaban J connectivity index is 1.80. The summed E-state index contributed by atoms with van der Waals surface area (Å²) in [5, 5.41) is 3.09. The fourth-order valence-corrected chi connectivity index (χ4v) is 3.10. The second-order valence-corrected chi connectivity index (χ2v) is 7.09. The predicted molar refractivity (Wildman–Crippen MR) is 95.5 cm³/mol. The van der Waals surface area contributed by atoms with Crippen molar-refractivity contribution in [1.82, 2.24) is 9.97 Å². The van der Waals surface area contributed by atoms with Crippen molar-refractivity contribution < 1.29 is 12.6 Å². The third kappa shape index (κ3) is 4.33. The van der Waals surface area contributed by atoms with Crippen molar-refractivity contribution in [1.29, 1.82) is 0 Å². The van der Waals surface area contributed by atoms with Gasteiger partial charge in [0.15, 0.2) is 0 Å². The fourth-order valence-electron chi connectivity index (χ4n) is 2.18. The number of hydrogen-bond donors (Lipinski definition) is 1. The monoisotopic (exact) mass is 355 g/mol. The van der Waals surface area contributed by atoms with Crippen LogP contribution in [0, 0.1) is 13.8 Å². The largest absolute Gasteiger partial charge is 0.379 e. The van der Waals surface area contributed by atoms with Gasteiger partial charge in [0.1, 0.15) is 22.8 Å². The molecular weight excluding hydrogens is 338 g/mol. The van der Waals surface area contributed by atoms with Crippen molar-refractivity contribution in [3.05, 3.63) is 72.2 Å². The zero-order chi connectivity index (χ0) is 17.9. The molecule has 25 heavy (non-hydrogen) atoms. The zero-order valence-corrected chi connectivity index (χ0v) is 14.6. The van der Waals surface area contributed by atoms with Crippen molar-refractivity contribution in [3.8, 4) is 5.75 Å². The highest BCUT2D eigenvalue weighted by Crippen LogP contribution is 2.24. The first-order valence-corrected chi connectivity index (χ1v) is 9.00. The standard InChI is InChI=1S/C18H17N3O3S/c1-13-6-8-17(9-7-13)25(22,23)24-16-5-3-4-15(11-16)21-18-10-14(2)19-12-20-18/h3-12H,1-2H3,(H,19,20,21). The molecule has 3 rings (SSSR count). The molecule has 0 aliphatic rings. The zero-order valence-electron chi connectivity index (χ0n) is 13.8. The number of aryl methyl sites for hydroxylation is 2. The van der Waals surface area contributed by atoms with E-state index in [2.05, 4.69) is 15.3 Å². The normalized spacial score (nSPS) is 11.1. The number of anilines is 2. The van der Waals surface area contributed by atoms with Crippen LogP contribution >= 0.6 is 0 Å². The lowest BCUT2D eigenvalue weighted by Crippen LogP contribution is -2.09. The van der Waals surface area contributed by atoms with Crippen LogP contribution in [0.25, 0.3) is 0 Å². The highest BCUT2D eigenvalue weighted by molar-refractivity contribution is 7.87. The molecule has 0 fully saturated rings. The Morgan fingerprint density at radius 2 is 1.72 bits per heavy atom. The van der Waals surface area contributed by atoms with Crippen LogP contribution in [-0.2, 0) is 10.1 Å². The molecule has 1 aromatic heterocycles. The lowest BCUT2D eigenvalue weighted by molar-refractivity contribution is 0.486. The van der Waals surface area contributed by atoms with E-state index in [1.807, 2.05) is 13.8 Å². The van der Waals surface area contributed by atoms with Gasteiger partial charge in [-0.3, -0.25) is 0 Å². The van der Waals surface area contributed by atoms with Gasteiger partial charge in [-0.05, 0) is 38.1 Å². The molecule has 0 bridgehead atoms. The van der Waals surface area contributed by atoms with E-state index in [0.29, 0.717) is 11.5 Å². The summed E-state index contributed by atoms with van der Waals surface area (Å²) in [5.74, 6) is 0.836. The SMILES string of the molecule is Cc1ccc(S(=O)(=O)Oc2cccc(Nc3cc(C)ncn3)c2)cc1. The Morgan fingerprint density at radius 3 is 2.44 bits per heavy atom. The summed E-state index contributed by atoms with van der Waals surface area (Å²) in [6.45, 7) is 3.75. The van der Waals surface area contributed by atoms with E-state index in [4.69, 9.17) is 4.18 Å². The highest BCUT2D eigenvalue weighted by atomic mass is 32.2. The molecule has 0 aliphatic carbocycles. The Kier molecular flexibility index (Phi) is 4.67. The number of nitrogens with zero attached hydrogens (tertiary/aromatic N) is 2. The van der Waals surface area contributed by atoms with Crippen LogP contribution < -0.4 is 9.50 Å². The molecule has 128 valence electrons. The number of rotatable bonds is 5. The van der Waals surface area contributed by atoms with Crippen LogP contribution in [0.4, 0.5) is 11.5 Å². The van der Waals surface area contributed by atoms with Gasteiger partial charge < -0.3 is 9.50 Å². The predicted octanol–water partition coefficient (Wildman–Crippen LogP) is 3.60. The van der Waals surface area contributed by atoms with Gasteiger partial charge in [-0.2, -0.15) is 8.42 Å². The van der Waals surface area contributed by atoms with Crippen LogP contribution in [0.1, 0.15) is 11.3 Å². The summed E-state index contributed by atoms with van der Waals surface area (Å²) >= 11 is 0. The molecule has 1 heterocycles. The van der Waals surface area contributed by atoms with Gasteiger partial charge in [0, 0.05) is 23.5 Å². The van der Waals surface area contributed by atoms with Crippen LogP contribution in [0.15, 0.2) is 65.8 Å². The molecule has 1 N–H and O–H groups in total. The number of benzene rings is 2.